The minimum absolute atomic E-state index is 0.257. The molecule has 0 bridgehead atoms. The lowest BCUT2D eigenvalue weighted by Gasteiger charge is -2.39. The molecular formula is C19H29N3O. The van der Waals surface area contributed by atoms with E-state index in [0.717, 1.165) is 52.1 Å². The van der Waals surface area contributed by atoms with E-state index in [4.69, 9.17) is 0 Å². The van der Waals surface area contributed by atoms with Gasteiger partial charge in [0.05, 0.1) is 0 Å². The molecule has 0 unspecified atom stereocenters. The Bertz CT molecular complexity index is 542. The average Bonchev–Trinajstić information content (AvgIpc) is 2.86. The summed E-state index contributed by atoms with van der Waals surface area (Å²) in [5.74, 6) is 0. The third-order valence-corrected chi connectivity index (χ3v) is 5.34. The Morgan fingerprint density at radius 3 is 2.09 bits per heavy atom. The van der Waals surface area contributed by atoms with Crippen LogP contribution in [-0.2, 0) is 0 Å². The first-order valence-corrected chi connectivity index (χ1v) is 9.02. The van der Waals surface area contributed by atoms with E-state index in [9.17, 15) is 4.79 Å². The highest BCUT2D eigenvalue weighted by Gasteiger charge is 2.26. The summed E-state index contributed by atoms with van der Waals surface area (Å²) in [4.78, 5) is 19.2. The first-order valence-electron chi connectivity index (χ1n) is 9.02. The molecule has 126 valence electrons. The maximum atomic E-state index is 12.7. The molecule has 1 aromatic carbocycles. The first-order chi connectivity index (χ1) is 11.2. The van der Waals surface area contributed by atoms with E-state index >= 15 is 0 Å². The van der Waals surface area contributed by atoms with Crippen molar-refractivity contribution >= 4 is 11.7 Å². The number of amides is 2. The minimum atomic E-state index is 0.257. The molecule has 0 atom stereocenters. The van der Waals surface area contributed by atoms with Gasteiger partial charge in [0.1, 0.15) is 0 Å². The van der Waals surface area contributed by atoms with Gasteiger partial charge >= 0.3 is 6.03 Å². The van der Waals surface area contributed by atoms with Crippen molar-refractivity contribution in [2.24, 2.45) is 0 Å². The molecule has 2 heterocycles. The van der Waals surface area contributed by atoms with Gasteiger partial charge in [-0.15, -0.1) is 0 Å². The van der Waals surface area contributed by atoms with E-state index < -0.39 is 0 Å². The second-order valence-corrected chi connectivity index (χ2v) is 6.88. The number of rotatable bonds is 1. The van der Waals surface area contributed by atoms with Gasteiger partial charge in [-0.1, -0.05) is 25.0 Å². The molecule has 2 saturated heterocycles. The van der Waals surface area contributed by atoms with Crippen LogP contribution >= 0.6 is 0 Å². The highest BCUT2D eigenvalue weighted by molar-refractivity contribution is 5.75. The zero-order chi connectivity index (χ0) is 16.2. The molecule has 23 heavy (non-hydrogen) atoms. The number of anilines is 1. The molecule has 2 fully saturated rings. The average molecular weight is 315 g/mol. The van der Waals surface area contributed by atoms with Crippen LogP contribution in [0.1, 0.15) is 36.8 Å². The van der Waals surface area contributed by atoms with Crippen molar-refractivity contribution in [3.8, 4) is 0 Å². The molecule has 0 saturated carbocycles. The Balaban J connectivity index is 1.59. The first kappa shape index (κ1) is 16.2. The summed E-state index contributed by atoms with van der Waals surface area (Å²) in [5.41, 5.74) is 4.03. The number of likely N-dealkylation sites (tertiary alicyclic amines) is 1. The van der Waals surface area contributed by atoms with Crippen LogP contribution in [0.15, 0.2) is 18.2 Å². The van der Waals surface area contributed by atoms with Crippen molar-refractivity contribution in [2.75, 3.05) is 44.2 Å². The summed E-state index contributed by atoms with van der Waals surface area (Å²) >= 11 is 0. The predicted octanol–water partition coefficient (Wildman–Crippen LogP) is 3.42. The lowest BCUT2D eigenvalue weighted by atomic mass is 10.1. The van der Waals surface area contributed by atoms with E-state index in [0.29, 0.717) is 0 Å². The molecule has 1 aromatic rings. The number of hydrogen-bond acceptors (Lipinski definition) is 2. The fourth-order valence-corrected chi connectivity index (χ4v) is 3.68. The predicted molar refractivity (Wildman–Crippen MR) is 95.1 cm³/mol. The maximum Gasteiger partial charge on any atom is 0.320 e. The fraction of sp³-hybridized carbons (Fsp3) is 0.632. The van der Waals surface area contributed by atoms with Gasteiger partial charge in [0, 0.05) is 45.0 Å². The summed E-state index contributed by atoms with van der Waals surface area (Å²) < 4.78 is 0. The molecule has 0 aromatic heterocycles. The molecule has 3 rings (SSSR count). The fourth-order valence-electron chi connectivity index (χ4n) is 3.68. The Hall–Kier alpha value is -1.71. The zero-order valence-corrected chi connectivity index (χ0v) is 14.6. The summed E-state index contributed by atoms with van der Waals surface area (Å²) in [7, 11) is 0. The monoisotopic (exact) mass is 315 g/mol. The smallest absolute Gasteiger partial charge is 0.320 e. The van der Waals surface area contributed by atoms with Gasteiger partial charge in [0.15, 0.2) is 0 Å². The number of carbonyl (C=O) groups excluding carboxylic acids is 1. The number of hydrogen-bond donors (Lipinski definition) is 0. The van der Waals surface area contributed by atoms with Gasteiger partial charge in [0.2, 0.25) is 0 Å². The molecular weight excluding hydrogens is 286 g/mol. The Morgan fingerprint density at radius 1 is 0.826 bits per heavy atom. The number of nitrogens with zero attached hydrogens (tertiary/aromatic N) is 3. The number of carbonyl (C=O) groups is 1. The Kier molecular flexibility index (Phi) is 5.09. The van der Waals surface area contributed by atoms with E-state index in [2.05, 4.69) is 41.8 Å². The molecule has 2 aliphatic rings. The lowest BCUT2D eigenvalue weighted by Crippen LogP contribution is -2.53. The second-order valence-electron chi connectivity index (χ2n) is 6.88. The molecule has 0 spiro atoms. The van der Waals surface area contributed by atoms with Crippen LogP contribution < -0.4 is 4.90 Å². The van der Waals surface area contributed by atoms with E-state index in [1.807, 2.05) is 4.90 Å². The summed E-state index contributed by atoms with van der Waals surface area (Å²) in [6, 6.07) is 6.76. The minimum Gasteiger partial charge on any atom is -0.368 e. The largest absolute Gasteiger partial charge is 0.368 e. The summed E-state index contributed by atoms with van der Waals surface area (Å²) in [6.45, 7) is 9.78. The molecule has 0 radical (unpaired) electrons. The maximum absolute atomic E-state index is 12.7. The standard InChI is InChI=1S/C19H29N3O/c1-16-8-7-9-18(17(16)2)20-12-14-22(15-13-20)19(23)21-10-5-3-4-6-11-21/h7-9H,3-6,10-15H2,1-2H3. The van der Waals surface area contributed by atoms with Crippen LogP contribution in [0.25, 0.3) is 0 Å². The number of aryl methyl sites for hydroxylation is 1. The van der Waals surface area contributed by atoms with Crippen LogP contribution in [0.4, 0.5) is 10.5 Å². The quantitative estimate of drug-likeness (QED) is 0.794. The van der Waals surface area contributed by atoms with Crippen LogP contribution in [-0.4, -0.2) is 55.1 Å². The molecule has 4 nitrogen and oxygen atoms in total. The molecule has 0 N–H and O–H groups in total. The molecule has 0 aliphatic carbocycles. The van der Waals surface area contributed by atoms with Crippen molar-refractivity contribution in [3.63, 3.8) is 0 Å². The van der Waals surface area contributed by atoms with Crippen molar-refractivity contribution in [1.29, 1.82) is 0 Å². The van der Waals surface area contributed by atoms with Crippen LogP contribution in [0, 0.1) is 13.8 Å². The molecule has 4 heteroatoms. The second kappa shape index (κ2) is 7.24. The normalized spacial score (nSPS) is 19.7. The summed E-state index contributed by atoms with van der Waals surface area (Å²) in [6.07, 6.45) is 4.86. The third-order valence-electron chi connectivity index (χ3n) is 5.34. The van der Waals surface area contributed by atoms with Crippen LogP contribution in [0.2, 0.25) is 0 Å². The van der Waals surface area contributed by atoms with E-state index in [-0.39, 0.29) is 6.03 Å². The van der Waals surface area contributed by atoms with Gasteiger partial charge in [-0.2, -0.15) is 0 Å². The SMILES string of the molecule is Cc1cccc(N2CCN(C(=O)N3CCCCCC3)CC2)c1C. The third kappa shape index (κ3) is 3.62. The van der Waals surface area contributed by atoms with Crippen molar-refractivity contribution in [1.82, 2.24) is 9.80 Å². The van der Waals surface area contributed by atoms with Crippen molar-refractivity contribution < 1.29 is 4.79 Å². The van der Waals surface area contributed by atoms with Crippen LogP contribution in [0.5, 0.6) is 0 Å². The number of benzene rings is 1. The van der Waals surface area contributed by atoms with Crippen LogP contribution in [0.3, 0.4) is 0 Å². The molecule has 2 aliphatic heterocycles. The van der Waals surface area contributed by atoms with Crippen molar-refractivity contribution in [3.05, 3.63) is 29.3 Å². The van der Waals surface area contributed by atoms with Gasteiger partial charge in [0.25, 0.3) is 0 Å². The van der Waals surface area contributed by atoms with Gasteiger partial charge < -0.3 is 14.7 Å². The van der Waals surface area contributed by atoms with Gasteiger partial charge in [-0.05, 0) is 43.9 Å². The molecule has 2 amide bonds. The van der Waals surface area contributed by atoms with Gasteiger partial charge in [-0.3, -0.25) is 0 Å². The number of piperazine rings is 1. The van der Waals surface area contributed by atoms with Gasteiger partial charge in [-0.25, -0.2) is 4.79 Å². The zero-order valence-electron chi connectivity index (χ0n) is 14.6. The highest BCUT2D eigenvalue weighted by Crippen LogP contribution is 2.24. The van der Waals surface area contributed by atoms with E-state index in [1.165, 1.54) is 29.7 Å². The van der Waals surface area contributed by atoms with E-state index in [1.54, 1.807) is 0 Å². The highest BCUT2D eigenvalue weighted by atomic mass is 16.2. The number of urea groups is 1. The van der Waals surface area contributed by atoms with Crippen molar-refractivity contribution in [2.45, 2.75) is 39.5 Å². The Morgan fingerprint density at radius 2 is 1.43 bits per heavy atom. The topological polar surface area (TPSA) is 26.8 Å². The Labute approximate surface area is 140 Å². The summed E-state index contributed by atoms with van der Waals surface area (Å²) in [5, 5.41) is 0. The lowest BCUT2D eigenvalue weighted by molar-refractivity contribution is 0.151.